The predicted molar refractivity (Wildman–Crippen MR) is 85.4 cm³/mol. The number of hydrogen-bond acceptors (Lipinski definition) is 5. The van der Waals surface area contributed by atoms with E-state index in [-0.39, 0.29) is 17.4 Å². The zero-order valence-corrected chi connectivity index (χ0v) is 13.6. The molecule has 0 saturated carbocycles. The average Bonchev–Trinajstić information content (AvgIpc) is 2.95. The minimum atomic E-state index is -0.309. The summed E-state index contributed by atoms with van der Waals surface area (Å²) < 4.78 is 8.38. The van der Waals surface area contributed by atoms with Gasteiger partial charge in [-0.1, -0.05) is 0 Å². The van der Waals surface area contributed by atoms with E-state index in [1.165, 1.54) is 20.5 Å². The number of aromatic nitrogens is 3. The largest absolute Gasteiger partial charge is 0.376 e. The van der Waals surface area contributed by atoms with Crippen LogP contribution in [-0.4, -0.2) is 26.8 Å². The molecule has 0 bridgehead atoms. The lowest BCUT2D eigenvalue weighted by molar-refractivity contribution is 0.00455. The van der Waals surface area contributed by atoms with E-state index in [9.17, 15) is 9.59 Å². The average molecular weight is 321 g/mol. The van der Waals surface area contributed by atoms with Gasteiger partial charge in [0.15, 0.2) is 0 Å². The summed E-state index contributed by atoms with van der Waals surface area (Å²) in [5.74, 6) is 0. The van der Waals surface area contributed by atoms with Gasteiger partial charge in [0.1, 0.15) is 5.01 Å². The third-order valence-corrected chi connectivity index (χ3v) is 4.83. The predicted octanol–water partition coefficient (Wildman–Crippen LogP) is 1.55. The van der Waals surface area contributed by atoms with Crippen LogP contribution >= 0.6 is 11.3 Å². The Morgan fingerprint density at radius 3 is 2.86 bits per heavy atom. The molecular formula is C15H19N3O3S. The van der Waals surface area contributed by atoms with E-state index in [1.54, 1.807) is 13.2 Å². The summed E-state index contributed by atoms with van der Waals surface area (Å²) >= 11 is 1.42. The molecule has 1 aliphatic rings. The van der Waals surface area contributed by atoms with Gasteiger partial charge in [0.05, 0.1) is 18.2 Å². The van der Waals surface area contributed by atoms with Crippen LogP contribution in [0.15, 0.2) is 21.2 Å². The van der Waals surface area contributed by atoms with Crippen molar-refractivity contribution in [2.45, 2.75) is 38.8 Å². The summed E-state index contributed by atoms with van der Waals surface area (Å²) in [6, 6.07) is 0. The van der Waals surface area contributed by atoms with E-state index >= 15 is 0 Å². The Bertz CT molecular complexity index is 784. The molecule has 0 spiro atoms. The molecule has 118 valence electrons. The lowest BCUT2D eigenvalue weighted by Crippen LogP contribution is -2.43. The maximum Gasteiger partial charge on any atom is 0.330 e. The normalized spacial score (nSPS) is 18.5. The summed E-state index contributed by atoms with van der Waals surface area (Å²) in [4.78, 5) is 29.4. The second-order valence-electron chi connectivity index (χ2n) is 5.63. The van der Waals surface area contributed by atoms with Crippen molar-refractivity contribution in [1.29, 1.82) is 0 Å². The van der Waals surface area contributed by atoms with Crippen molar-refractivity contribution < 1.29 is 4.74 Å². The summed E-state index contributed by atoms with van der Waals surface area (Å²) in [5, 5.41) is 2.55. The Kier molecular flexibility index (Phi) is 4.26. The number of rotatable bonds is 3. The summed E-state index contributed by atoms with van der Waals surface area (Å²) in [6.45, 7) is 2.89. The fourth-order valence-corrected chi connectivity index (χ4v) is 3.47. The third-order valence-electron chi connectivity index (χ3n) is 3.84. The van der Waals surface area contributed by atoms with Crippen LogP contribution in [0.2, 0.25) is 0 Å². The van der Waals surface area contributed by atoms with E-state index in [0.29, 0.717) is 23.7 Å². The summed E-state index contributed by atoms with van der Waals surface area (Å²) in [6.07, 6.45) is 4.51. The maximum atomic E-state index is 12.7. The van der Waals surface area contributed by atoms with Crippen LogP contribution in [0.25, 0.3) is 10.6 Å². The maximum absolute atomic E-state index is 12.7. The van der Waals surface area contributed by atoms with Crippen LogP contribution in [0.4, 0.5) is 0 Å². The van der Waals surface area contributed by atoms with Gasteiger partial charge in [0.25, 0.3) is 5.56 Å². The minimum absolute atomic E-state index is 0.0626. The van der Waals surface area contributed by atoms with Crippen molar-refractivity contribution in [1.82, 2.24) is 14.1 Å². The number of hydrogen-bond donors (Lipinski definition) is 0. The van der Waals surface area contributed by atoms with Gasteiger partial charge in [0, 0.05) is 30.9 Å². The van der Waals surface area contributed by atoms with Crippen LogP contribution < -0.4 is 11.2 Å². The zero-order valence-electron chi connectivity index (χ0n) is 12.7. The SMILES string of the molecule is Cc1csc(-c2cn(C)c(=O)n(C[C@H]3CCCCO3)c2=O)n1. The van der Waals surface area contributed by atoms with Crippen molar-refractivity contribution in [2.24, 2.45) is 7.05 Å². The molecule has 0 amide bonds. The molecule has 0 N–H and O–H groups in total. The van der Waals surface area contributed by atoms with Crippen molar-refractivity contribution in [2.75, 3.05) is 6.61 Å². The molecule has 22 heavy (non-hydrogen) atoms. The Morgan fingerprint density at radius 2 is 2.23 bits per heavy atom. The van der Waals surface area contributed by atoms with Gasteiger partial charge in [0.2, 0.25) is 0 Å². The molecule has 3 rings (SSSR count). The smallest absolute Gasteiger partial charge is 0.330 e. The highest BCUT2D eigenvalue weighted by Gasteiger charge is 2.19. The molecule has 0 unspecified atom stereocenters. The highest BCUT2D eigenvalue weighted by Crippen LogP contribution is 2.20. The second-order valence-corrected chi connectivity index (χ2v) is 6.49. The Balaban J connectivity index is 2.03. The van der Waals surface area contributed by atoms with Crippen molar-refractivity contribution in [3.63, 3.8) is 0 Å². The van der Waals surface area contributed by atoms with Gasteiger partial charge in [-0.15, -0.1) is 11.3 Å². The van der Waals surface area contributed by atoms with Crippen LogP contribution in [-0.2, 0) is 18.3 Å². The quantitative estimate of drug-likeness (QED) is 0.860. The van der Waals surface area contributed by atoms with Gasteiger partial charge in [-0.2, -0.15) is 0 Å². The van der Waals surface area contributed by atoms with Gasteiger partial charge < -0.3 is 9.30 Å². The van der Waals surface area contributed by atoms with Gasteiger partial charge in [-0.3, -0.25) is 9.36 Å². The van der Waals surface area contributed by atoms with Gasteiger partial charge in [-0.05, 0) is 26.2 Å². The molecule has 0 aliphatic carbocycles. The molecule has 6 nitrogen and oxygen atoms in total. The molecule has 1 fully saturated rings. The number of nitrogens with zero attached hydrogens (tertiary/aromatic N) is 3. The molecule has 1 aliphatic heterocycles. The summed E-state index contributed by atoms with van der Waals surface area (Å²) in [5.41, 5.74) is 0.745. The van der Waals surface area contributed by atoms with Crippen LogP contribution in [0.1, 0.15) is 25.0 Å². The van der Waals surface area contributed by atoms with Crippen molar-refractivity contribution in [3.05, 3.63) is 38.1 Å². The van der Waals surface area contributed by atoms with Crippen LogP contribution in [0.5, 0.6) is 0 Å². The van der Waals surface area contributed by atoms with E-state index < -0.39 is 0 Å². The minimum Gasteiger partial charge on any atom is -0.376 e. The lowest BCUT2D eigenvalue weighted by Gasteiger charge is -2.23. The highest BCUT2D eigenvalue weighted by molar-refractivity contribution is 7.13. The monoisotopic (exact) mass is 321 g/mol. The Morgan fingerprint density at radius 1 is 1.41 bits per heavy atom. The first-order chi connectivity index (χ1) is 10.6. The summed E-state index contributed by atoms with van der Waals surface area (Å²) in [7, 11) is 1.66. The molecule has 3 heterocycles. The molecule has 1 saturated heterocycles. The van der Waals surface area contributed by atoms with E-state index in [2.05, 4.69) is 4.98 Å². The van der Waals surface area contributed by atoms with E-state index in [1.807, 2.05) is 12.3 Å². The number of aryl methyl sites for hydroxylation is 2. The van der Waals surface area contributed by atoms with Gasteiger partial charge in [-0.25, -0.2) is 9.78 Å². The molecule has 0 radical (unpaired) electrons. The first kappa shape index (κ1) is 15.2. The molecular weight excluding hydrogens is 302 g/mol. The van der Waals surface area contributed by atoms with Crippen LogP contribution in [0, 0.1) is 6.92 Å². The lowest BCUT2D eigenvalue weighted by atomic mass is 10.1. The molecule has 0 aromatic carbocycles. The van der Waals surface area contributed by atoms with Crippen molar-refractivity contribution >= 4 is 11.3 Å². The molecule has 2 aromatic rings. The topological polar surface area (TPSA) is 66.1 Å². The molecule has 1 atom stereocenters. The standard InChI is InChI=1S/C15H19N3O3S/c1-10-9-22-13(16-10)12-8-17(2)15(20)18(14(12)19)7-11-5-3-4-6-21-11/h8-9,11H,3-7H2,1-2H3/t11-/m1/s1. The molecule has 7 heteroatoms. The van der Waals surface area contributed by atoms with Gasteiger partial charge >= 0.3 is 5.69 Å². The van der Waals surface area contributed by atoms with Crippen molar-refractivity contribution in [3.8, 4) is 10.6 Å². The Hall–Kier alpha value is -1.73. The van der Waals surface area contributed by atoms with E-state index in [4.69, 9.17) is 4.74 Å². The number of thiazole rings is 1. The van der Waals surface area contributed by atoms with Crippen LogP contribution in [0.3, 0.4) is 0 Å². The fraction of sp³-hybridized carbons (Fsp3) is 0.533. The molecule has 2 aromatic heterocycles. The fourth-order valence-electron chi connectivity index (χ4n) is 2.67. The highest BCUT2D eigenvalue weighted by atomic mass is 32.1. The first-order valence-corrected chi connectivity index (χ1v) is 8.29. The third kappa shape index (κ3) is 2.91. The zero-order chi connectivity index (χ0) is 15.7. The second kappa shape index (κ2) is 6.18. The Labute approximate surface area is 132 Å². The van der Waals surface area contributed by atoms with E-state index in [0.717, 1.165) is 25.0 Å². The number of ether oxygens (including phenoxy) is 1. The first-order valence-electron chi connectivity index (χ1n) is 7.41.